The van der Waals surface area contributed by atoms with Gasteiger partial charge in [-0.3, -0.25) is 19.1 Å². The SMILES string of the molecule is O=C(C[C@H]1C(=O)N(C[C@@H]2CCCO2)c2nc3ccccc3n21)Nc1ccc2c(c1)OCCO2. The van der Waals surface area contributed by atoms with Gasteiger partial charge in [-0.05, 0) is 37.1 Å². The molecule has 1 aromatic heterocycles. The Kier molecular flexibility index (Phi) is 4.91. The van der Waals surface area contributed by atoms with Crippen LogP contribution in [-0.4, -0.2) is 53.8 Å². The second kappa shape index (κ2) is 8.08. The summed E-state index contributed by atoms with van der Waals surface area (Å²) >= 11 is 0. The zero-order valence-electron chi connectivity index (χ0n) is 18.0. The van der Waals surface area contributed by atoms with Crippen LogP contribution in [-0.2, 0) is 14.3 Å². The number of hydrogen-bond acceptors (Lipinski definition) is 6. The number of fused-ring (bicyclic) bond motifs is 4. The third-order valence-corrected chi connectivity index (χ3v) is 6.30. The van der Waals surface area contributed by atoms with Gasteiger partial charge in [0.15, 0.2) is 11.5 Å². The smallest absolute Gasteiger partial charge is 0.253 e. The van der Waals surface area contributed by atoms with Gasteiger partial charge < -0.3 is 19.5 Å². The summed E-state index contributed by atoms with van der Waals surface area (Å²) in [6, 6.07) is 12.3. The summed E-state index contributed by atoms with van der Waals surface area (Å²) in [6.45, 7) is 2.14. The summed E-state index contributed by atoms with van der Waals surface area (Å²) in [6.07, 6.45) is 1.90. The molecule has 9 heteroatoms. The molecule has 3 aliphatic rings. The largest absolute Gasteiger partial charge is 0.486 e. The first-order valence-corrected chi connectivity index (χ1v) is 11.3. The predicted molar refractivity (Wildman–Crippen MR) is 121 cm³/mol. The van der Waals surface area contributed by atoms with Crippen LogP contribution in [0.25, 0.3) is 11.0 Å². The van der Waals surface area contributed by atoms with Gasteiger partial charge in [-0.15, -0.1) is 0 Å². The van der Waals surface area contributed by atoms with E-state index in [1.54, 1.807) is 23.1 Å². The van der Waals surface area contributed by atoms with Crippen LogP contribution in [0.15, 0.2) is 42.5 Å². The predicted octanol–water partition coefficient (Wildman–Crippen LogP) is 2.90. The van der Waals surface area contributed by atoms with Gasteiger partial charge in [0.1, 0.15) is 19.3 Å². The lowest BCUT2D eigenvalue weighted by Gasteiger charge is -2.20. The Morgan fingerprint density at radius 1 is 1.09 bits per heavy atom. The molecule has 0 spiro atoms. The van der Waals surface area contributed by atoms with Crippen LogP contribution in [0.3, 0.4) is 0 Å². The second-order valence-electron chi connectivity index (χ2n) is 8.48. The fraction of sp³-hybridized carbons (Fsp3) is 0.375. The van der Waals surface area contributed by atoms with E-state index >= 15 is 0 Å². The summed E-state index contributed by atoms with van der Waals surface area (Å²) in [5, 5.41) is 2.89. The summed E-state index contributed by atoms with van der Waals surface area (Å²) < 4.78 is 18.8. The van der Waals surface area contributed by atoms with Crippen LogP contribution in [0, 0.1) is 0 Å². The Bertz CT molecular complexity index is 1230. The van der Waals surface area contributed by atoms with E-state index < -0.39 is 6.04 Å². The molecule has 2 aromatic carbocycles. The van der Waals surface area contributed by atoms with Crippen molar-refractivity contribution in [2.45, 2.75) is 31.4 Å². The van der Waals surface area contributed by atoms with Crippen LogP contribution < -0.4 is 19.7 Å². The number of carbonyl (C=O) groups excluding carboxylic acids is 2. The number of aromatic nitrogens is 2. The fourth-order valence-electron chi connectivity index (χ4n) is 4.77. The average Bonchev–Trinajstić information content (AvgIpc) is 3.53. The van der Waals surface area contributed by atoms with Gasteiger partial charge in [0, 0.05) is 18.4 Å². The molecule has 1 saturated heterocycles. The molecule has 3 aromatic rings. The van der Waals surface area contributed by atoms with Crippen LogP contribution in [0.1, 0.15) is 25.3 Å². The number of amides is 2. The second-order valence-corrected chi connectivity index (χ2v) is 8.48. The zero-order chi connectivity index (χ0) is 22.4. The molecular formula is C24H24N4O5. The van der Waals surface area contributed by atoms with E-state index in [9.17, 15) is 9.59 Å². The van der Waals surface area contributed by atoms with Gasteiger partial charge in [0.05, 0.1) is 30.1 Å². The third kappa shape index (κ3) is 3.58. The van der Waals surface area contributed by atoms with E-state index in [1.165, 1.54) is 0 Å². The van der Waals surface area contributed by atoms with Gasteiger partial charge in [0.25, 0.3) is 5.91 Å². The standard InChI is InChI=1S/C24H24N4O5/c29-22(25-15-7-8-20-21(12-15)33-11-10-32-20)13-19-23(30)27(14-16-4-3-9-31-16)24-26-17-5-1-2-6-18(17)28(19)24/h1-2,5-8,12,16,19H,3-4,9-11,13-14H2,(H,25,29)/t16-,19-/m0/s1. The summed E-state index contributed by atoms with van der Waals surface area (Å²) in [4.78, 5) is 32.8. The number of rotatable bonds is 5. The maximum Gasteiger partial charge on any atom is 0.253 e. The van der Waals surface area contributed by atoms with Gasteiger partial charge in [-0.2, -0.15) is 0 Å². The molecular weight excluding hydrogens is 424 g/mol. The molecule has 2 atom stereocenters. The number of ether oxygens (including phenoxy) is 3. The van der Waals surface area contributed by atoms with E-state index in [2.05, 4.69) is 5.32 Å². The van der Waals surface area contributed by atoms with E-state index in [0.29, 0.717) is 49.5 Å². The van der Waals surface area contributed by atoms with Gasteiger partial charge in [0.2, 0.25) is 11.9 Å². The molecule has 2 amide bonds. The molecule has 3 aliphatic heterocycles. The monoisotopic (exact) mass is 448 g/mol. The van der Waals surface area contributed by atoms with E-state index in [4.69, 9.17) is 19.2 Å². The van der Waals surface area contributed by atoms with Crippen molar-refractivity contribution in [2.75, 3.05) is 36.6 Å². The molecule has 0 unspecified atom stereocenters. The van der Waals surface area contributed by atoms with Crippen molar-refractivity contribution >= 4 is 34.5 Å². The van der Waals surface area contributed by atoms with Crippen LogP contribution in [0.4, 0.5) is 11.6 Å². The first kappa shape index (κ1) is 20.0. The lowest BCUT2D eigenvalue weighted by atomic mass is 10.1. The number of anilines is 2. The Hall–Kier alpha value is -3.59. The minimum atomic E-state index is -0.661. The van der Waals surface area contributed by atoms with Gasteiger partial charge in [-0.25, -0.2) is 4.98 Å². The molecule has 33 heavy (non-hydrogen) atoms. The Balaban J connectivity index is 1.26. The van der Waals surface area contributed by atoms with Crippen LogP contribution in [0.2, 0.25) is 0 Å². The van der Waals surface area contributed by atoms with Crippen molar-refractivity contribution in [1.29, 1.82) is 0 Å². The number of hydrogen-bond donors (Lipinski definition) is 1. The molecule has 1 fully saturated rings. The topological polar surface area (TPSA) is 94.9 Å². The molecule has 9 nitrogen and oxygen atoms in total. The fourth-order valence-corrected chi connectivity index (χ4v) is 4.77. The maximum atomic E-state index is 13.4. The van der Waals surface area contributed by atoms with Crippen molar-refractivity contribution in [2.24, 2.45) is 0 Å². The minimum Gasteiger partial charge on any atom is -0.486 e. The normalized spacial score (nSPS) is 21.5. The highest BCUT2D eigenvalue weighted by molar-refractivity contribution is 6.05. The Labute approximate surface area is 190 Å². The number of para-hydroxylation sites is 2. The van der Waals surface area contributed by atoms with Crippen molar-refractivity contribution in [3.05, 3.63) is 42.5 Å². The van der Waals surface area contributed by atoms with Crippen molar-refractivity contribution in [3.63, 3.8) is 0 Å². The molecule has 0 aliphatic carbocycles. The molecule has 0 bridgehead atoms. The minimum absolute atomic E-state index is 0.00263. The van der Waals surface area contributed by atoms with Crippen molar-refractivity contribution in [3.8, 4) is 11.5 Å². The number of benzene rings is 2. The van der Waals surface area contributed by atoms with E-state index in [0.717, 1.165) is 23.9 Å². The van der Waals surface area contributed by atoms with E-state index in [-0.39, 0.29) is 24.3 Å². The average molecular weight is 448 g/mol. The quantitative estimate of drug-likeness (QED) is 0.645. The lowest BCUT2D eigenvalue weighted by Crippen LogP contribution is -2.37. The van der Waals surface area contributed by atoms with Gasteiger partial charge >= 0.3 is 0 Å². The molecule has 0 radical (unpaired) electrons. The molecule has 6 rings (SSSR count). The number of nitrogens with zero attached hydrogens (tertiary/aromatic N) is 3. The highest BCUT2D eigenvalue weighted by Gasteiger charge is 2.42. The molecule has 170 valence electrons. The zero-order valence-corrected chi connectivity index (χ0v) is 18.0. The van der Waals surface area contributed by atoms with Crippen molar-refractivity contribution in [1.82, 2.24) is 9.55 Å². The number of imidazole rings is 1. The number of carbonyl (C=O) groups is 2. The highest BCUT2D eigenvalue weighted by Crippen LogP contribution is 2.38. The Morgan fingerprint density at radius 3 is 2.79 bits per heavy atom. The van der Waals surface area contributed by atoms with Crippen LogP contribution in [0.5, 0.6) is 11.5 Å². The third-order valence-electron chi connectivity index (χ3n) is 6.30. The lowest BCUT2D eigenvalue weighted by molar-refractivity contribution is -0.124. The summed E-state index contributed by atoms with van der Waals surface area (Å²) in [5.74, 6) is 1.45. The summed E-state index contributed by atoms with van der Waals surface area (Å²) in [7, 11) is 0. The highest BCUT2D eigenvalue weighted by atomic mass is 16.6. The summed E-state index contributed by atoms with van der Waals surface area (Å²) in [5.41, 5.74) is 2.24. The Morgan fingerprint density at radius 2 is 1.94 bits per heavy atom. The maximum absolute atomic E-state index is 13.4. The van der Waals surface area contributed by atoms with Crippen LogP contribution >= 0.6 is 0 Å². The molecule has 0 saturated carbocycles. The first-order chi connectivity index (χ1) is 16.2. The molecule has 4 heterocycles. The number of nitrogens with one attached hydrogen (secondary N) is 1. The van der Waals surface area contributed by atoms with Gasteiger partial charge in [-0.1, -0.05) is 12.1 Å². The molecule has 1 N–H and O–H groups in total. The van der Waals surface area contributed by atoms with Crippen molar-refractivity contribution < 1.29 is 23.8 Å². The van der Waals surface area contributed by atoms with E-state index in [1.807, 2.05) is 28.8 Å². The first-order valence-electron chi connectivity index (χ1n) is 11.3.